The molecule has 0 spiro atoms. The summed E-state index contributed by atoms with van der Waals surface area (Å²) in [5, 5.41) is 0. The normalized spacial score (nSPS) is 14.1. The van der Waals surface area contributed by atoms with Crippen LogP contribution < -0.4 is 11.5 Å². The van der Waals surface area contributed by atoms with Crippen LogP contribution in [0.5, 0.6) is 0 Å². The Morgan fingerprint density at radius 2 is 2.29 bits per heavy atom. The minimum absolute atomic E-state index is 0.190. The molecule has 0 aliphatic rings. The van der Waals surface area contributed by atoms with Crippen LogP contribution in [-0.2, 0) is 0 Å². The quantitative estimate of drug-likeness (QED) is 0.534. The second-order valence-corrected chi connectivity index (χ2v) is 2.36. The molecule has 44 valence electrons. The molecule has 0 saturated carbocycles. The maximum Gasteiger partial charge on any atom is 0.0254 e. The summed E-state index contributed by atoms with van der Waals surface area (Å²) in [4.78, 5) is 0. The summed E-state index contributed by atoms with van der Waals surface area (Å²) >= 11 is 1.73. The molecule has 0 saturated heterocycles. The van der Waals surface area contributed by atoms with Gasteiger partial charge in [0, 0.05) is 18.3 Å². The minimum atomic E-state index is 0.190. The lowest BCUT2D eigenvalue weighted by atomic mass is 10.4. The molecule has 2 nitrogen and oxygen atoms in total. The van der Waals surface area contributed by atoms with Crippen LogP contribution in [0.4, 0.5) is 0 Å². The molecule has 0 radical (unpaired) electrons. The van der Waals surface area contributed by atoms with Crippen molar-refractivity contribution < 1.29 is 0 Å². The molecule has 0 aromatic carbocycles. The van der Waals surface area contributed by atoms with Crippen molar-refractivity contribution in [1.29, 1.82) is 0 Å². The van der Waals surface area contributed by atoms with Gasteiger partial charge in [0.25, 0.3) is 0 Å². The van der Waals surface area contributed by atoms with Crippen molar-refractivity contribution >= 4 is 11.8 Å². The first-order valence-corrected chi connectivity index (χ1v) is 3.65. The van der Waals surface area contributed by atoms with Crippen LogP contribution in [-0.4, -0.2) is 24.6 Å². The molecule has 3 heteroatoms. The predicted molar refractivity (Wildman–Crippen MR) is 35.4 cm³/mol. The van der Waals surface area contributed by atoms with E-state index in [1.807, 2.05) is 6.26 Å². The van der Waals surface area contributed by atoms with Gasteiger partial charge in [-0.2, -0.15) is 11.8 Å². The second-order valence-electron chi connectivity index (χ2n) is 1.45. The van der Waals surface area contributed by atoms with E-state index in [4.69, 9.17) is 11.5 Å². The molecule has 0 fully saturated rings. The van der Waals surface area contributed by atoms with E-state index in [2.05, 4.69) is 0 Å². The monoisotopic (exact) mass is 120 g/mol. The highest BCUT2D eigenvalue weighted by Crippen LogP contribution is 1.91. The molecule has 4 N–H and O–H groups in total. The molecule has 0 aliphatic heterocycles. The summed E-state index contributed by atoms with van der Waals surface area (Å²) in [5.41, 5.74) is 10.7. The van der Waals surface area contributed by atoms with Crippen molar-refractivity contribution in [1.82, 2.24) is 0 Å². The fraction of sp³-hybridized carbons (Fsp3) is 1.00. The highest BCUT2D eigenvalue weighted by molar-refractivity contribution is 7.98. The van der Waals surface area contributed by atoms with Crippen molar-refractivity contribution in [3.8, 4) is 0 Å². The largest absolute Gasteiger partial charge is 0.329 e. The molecule has 0 aromatic heterocycles. The van der Waals surface area contributed by atoms with Gasteiger partial charge in [0.1, 0.15) is 0 Å². The summed E-state index contributed by atoms with van der Waals surface area (Å²) in [6.07, 6.45) is 2.02. The number of thioether (sulfide) groups is 1. The summed E-state index contributed by atoms with van der Waals surface area (Å²) in [6, 6.07) is 0.190. The summed E-state index contributed by atoms with van der Waals surface area (Å²) in [7, 11) is 0. The van der Waals surface area contributed by atoms with Crippen LogP contribution in [0.15, 0.2) is 0 Å². The van der Waals surface area contributed by atoms with Gasteiger partial charge in [-0.25, -0.2) is 0 Å². The van der Waals surface area contributed by atoms with E-state index in [0.717, 1.165) is 5.75 Å². The lowest BCUT2D eigenvalue weighted by molar-refractivity contribution is 0.764. The first-order valence-electron chi connectivity index (χ1n) is 2.26. The third-order valence-electron chi connectivity index (χ3n) is 0.683. The van der Waals surface area contributed by atoms with Gasteiger partial charge < -0.3 is 11.5 Å². The average molecular weight is 120 g/mol. The lowest BCUT2D eigenvalue weighted by Gasteiger charge is -2.02. The van der Waals surface area contributed by atoms with E-state index in [-0.39, 0.29) is 6.04 Å². The molecule has 1 unspecified atom stereocenters. The maximum atomic E-state index is 5.44. The molecule has 0 amide bonds. The highest BCUT2D eigenvalue weighted by atomic mass is 32.2. The van der Waals surface area contributed by atoms with Crippen LogP contribution >= 0.6 is 11.8 Å². The van der Waals surface area contributed by atoms with Crippen molar-refractivity contribution in [3.63, 3.8) is 0 Å². The summed E-state index contributed by atoms with van der Waals surface area (Å²) in [6.45, 7) is 0.598. The molecular weight excluding hydrogens is 108 g/mol. The van der Waals surface area contributed by atoms with Crippen molar-refractivity contribution in [2.24, 2.45) is 11.5 Å². The van der Waals surface area contributed by atoms with Gasteiger partial charge in [0.15, 0.2) is 0 Å². The smallest absolute Gasteiger partial charge is 0.0254 e. The number of nitrogens with two attached hydrogens (primary N) is 2. The van der Waals surface area contributed by atoms with E-state index >= 15 is 0 Å². The molecule has 0 bridgehead atoms. The molecule has 0 rings (SSSR count). The zero-order valence-electron chi connectivity index (χ0n) is 4.55. The van der Waals surface area contributed by atoms with E-state index < -0.39 is 0 Å². The van der Waals surface area contributed by atoms with E-state index in [0.29, 0.717) is 6.54 Å². The topological polar surface area (TPSA) is 52.0 Å². The number of hydrogen-bond donors (Lipinski definition) is 2. The Bertz CT molecular complexity index is 40.7. The van der Waals surface area contributed by atoms with Crippen LogP contribution in [0.3, 0.4) is 0 Å². The predicted octanol–water partition coefficient (Wildman–Crippen LogP) is -0.365. The van der Waals surface area contributed by atoms with E-state index in [1.165, 1.54) is 0 Å². The van der Waals surface area contributed by atoms with Crippen molar-refractivity contribution in [2.75, 3.05) is 18.6 Å². The molecule has 0 heterocycles. The Balaban J connectivity index is 2.83. The molecule has 0 aliphatic carbocycles. The summed E-state index contributed by atoms with van der Waals surface area (Å²) in [5.74, 6) is 0.969. The Morgan fingerprint density at radius 1 is 1.71 bits per heavy atom. The van der Waals surface area contributed by atoms with E-state index in [9.17, 15) is 0 Å². The Labute approximate surface area is 48.6 Å². The van der Waals surface area contributed by atoms with Crippen molar-refractivity contribution in [2.45, 2.75) is 6.04 Å². The maximum absolute atomic E-state index is 5.44. The fourth-order valence-corrected chi connectivity index (χ4v) is 0.846. The third-order valence-corrected chi connectivity index (χ3v) is 1.44. The zero-order chi connectivity index (χ0) is 5.70. The standard InChI is InChI=1S/C4H12N2S/c1-7-3-4(6)2-5/h4H,2-3,5-6H2,1H3. The molecule has 0 aromatic rings. The summed E-state index contributed by atoms with van der Waals surface area (Å²) < 4.78 is 0. The SMILES string of the molecule is CSCC(N)CN. The van der Waals surface area contributed by atoms with Crippen molar-refractivity contribution in [3.05, 3.63) is 0 Å². The Morgan fingerprint density at radius 3 is 2.43 bits per heavy atom. The van der Waals surface area contributed by atoms with Gasteiger partial charge in [-0.3, -0.25) is 0 Å². The Kier molecular flexibility index (Phi) is 4.60. The molecular formula is C4H12N2S. The van der Waals surface area contributed by atoms with Crippen LogP contribution in [0.1, 0.15) is 0 Å². The van der Waals surface area contributed by atoms with Gasteiger partial charge in [-0.15, -0.1) is 0 Å². The van der Waals surface area contributed by atoms with Gasteiger partial charge >= 0.3 is 0 Å². The van der Waals surface area contributed by atoms with E-state index in [1.54, 1.807) is 11.8 Å². The fourth-order valence-electron chi connectivity index (χ4n) is 0.282. The second kappa shape index (κ2) is 4.43. The van der Waals surface area contributed by atoms with Gasteiger partial charge in [0.05, 0.1) is 0 Å². The third kappa shape index (κ3) is 4.12. The zero-order valence-corrected chi connectivity index (χ0v) is 5.37. The first kappa shape index (κ1) is 7.27. The van der Waals surface area contributed by atoms with Gasteiger partial charge in [-0.05, 0) is 6.26 Å². The highest BCUT2D eigenvalue weighted by Gasteiger charge is 1.93. The minimum Gasteiger partial charge on any atom is -0.329 e. The average Bonchev–Trinajstić information content (AvgIpc) is 1.68. The first-order chi connectivity index (χ1) is 3.31. The van der Waals surface area contributed by atoms with Crippen LogP contribution in [0.2, 0.25) is 0 Å². The number of hydrogen-bond acceptors (Lipinski definition) is 3. The lowest BCUT2D eigenvalue weighted by Crippen LogP contribution is -2.31. The number of rotatable bonds is 3. The molecule has 7 heavy (non-hydrogen) atoms. The van der Waals surface area contributed by atoms with Crippen LogP contribution in [0, 0.1) is 0 Å². The Hall–Kier alpha value is 0.270. The van der Waals surface area contributed by atoms with Gasteiger partial charge in [0.2, 0.25) is 0 Å². The van der Waals surface area contributed by atoms with Gasteiger partial charge in [-0.1, -0.05) is 0 Å². The van der Waals surface area contributed by atoms with Crippen LogP contribution in [0.25, 0.3) is 0 Å². The molecule has 1 atom stereocenters.